The third-order valence-electron chi connectivity index (χ3n) is 4.50. The molecule has 0 radical (unpaired) electrons. The standard InChI is InChI=1S/C18H13Cl2FN2O5S/c19-12-2-4-16(14(20)5-12)29(26,27)23-8-18(9-23,17(24)25)10-28-13-3-1-11(7-22)15(21)6-13/h1-6H,8-10H2,(H,24,25). The van der Waals surface area contributed by atoms with Gasteiger partial charge in [0.15, 0.2) is 0 Å². The van der Waals surface area contributed by atoms with Gasteiger partial charge < -0.3 is 9.84 Å². The summed E-state index contributed by atoms with van der Waals surface area (Å²) >= 11 is 11.7. The summed E-state index contributed by atoms with van der Waals surface area (Å²) in [5.41, 5.74) is -1.68. The predicted molar refractivity (Wildman–Crippen MR) is 102 cm³/mol. The van der Waals surface area contributed by atoms with Gasteiger partial charge in [0.2, 0.25) is 10.0 Å². The number of halogens is 3. The van der Waals surface area contributed by atoms with Crippen molar-refractivity contribution in [3.8, 4) is 11.8 Å². The van der Waals surface area contributed by atoms with Crippen molar-refractivity contribution in [1.29, 1.82) is 5.26 Å². The average molecular weight is 459 g/mol. The lowest BCUT2D eigenvalue weighted by atomic mass is 9.83. The second-order valence-electron chi connectivity index (χ2n) is 6.48. The number of carbonyl (C=O) groups is 1. The van der Waals surface area contributed by atoms with E-state index in [0.717, 1.165) is 10.4 Å². The quantitative estimate of drug-likeness (QED) is 0.711. The molecular weight excluding hydrogens is 446 g/mol. The van der Waals surface area contributed by atoms with Gasteiger partial charge in [0, 0.05) is 24.2 Å². The Labute approximate surface area is 175 Å². The van der Waals surface area contributed by atoms with E-state index in [1.807, 2.05) is 0 Å². The minimum Gasteiger partial charge on any atom is -0.492 e. The molecule has 0 atom stereocenters. The summed E-state index contributed by atoms with van der Waals surface area (Å²) in [5, 5.41) is 18.5. The number of hydrogen-bond acceptors (Lipinski definition) is 5. The normalized spacial score (nSPS) is 15.9. The SMILES string of the molecule is N#Cc1ccc(OCC2(C(=O)O)CN(S(=O)(=O)c3ccc(Cl)cc3Cl)C2)cc1F. The number of ether oxygens (including phenoxy) is 1. The number of nitrogens with zero attached hydrogens (tertiary/aromatic N) is 2. The van der Waals surface area contributed by atoms with Crippen LogP contribution in [0, 0.1) is 22.6 Å². The van der Waals surface area contributed by atoms with E-state index in [9.17, 15) is 22.7 Å². The van der Waals surface area contributed by atoms with Crippen LogP contribution >= 0.6 is 23.2 Å². The second-order valence-corrected chi connectivity index (χ2v) is 9.23. The molecule has 1 aliphatic heterocycles. The number of hydrogen-bond donors (Lipinski definition) is 1. The summed E-state index contributed by atoms with van der Waals surface area (Å²) in [7, 11) is -4.03. The van der Waals surface area contributed by atoms with E-state index in [4.69, 9.17) is 33.2 Å². The smallest absolute Gasteiger partial charge is 0.315 e. The van der Waals surface area contributed by atoms with Crippen LogP contribution in [-0.4, -0.2) is 43.5 Å². The molecule has 1 N–H and O–H groups in total. The predicted octanol–water partition coefficient (Wildman–Crippen LogP) is 3.16. The van der Waals surface area contributed by atoms with Crippen LogP contribution in [0.3, 0.4) is 0 Å². The van der Waals surface area contributed by atoms with E-state index in [-0.39, 0.29) is 46.0 Å². The van der Waals surface area contributed by atoms with Gasteiger partial charge in [0.25, 0.3) is 0 Å². The minimum atomic E-state index is -4.03. The first-order valence-corrected chi connectivity index (χ1v) is 10.3. The van der Waals surface area contributed by atoms with Gasteiger partial charge in [0.1, 0.15) is 34.6 Å². The maximum atomic E-state index is 13.7. The molecule has 0 amide bonds. The summed E-state index contributed by atoms with van der Waals surface area (Å²) in [5.74, 6) is -2.02. The highest BCUT2D eigenvalue weighted by atomic mass is 35.5. The molecule has 0 aromatic heterocycles. The zero-order valence-corrected chi connectivity index (χ0v) is 16.9. The lowest BCUT2D eigenvalue weighted by molar-refractivity contribution is -0.159. The second kappa shape index (κ2) is 7.80. The maximum Gasteiger partial charge on any atom is 0.315 e. The molecule has 1 aliphatic rings. The van der Waals surface area contributed by atoms with Gasteiger partial charge >= 0.3 is 5.97 Å². The van der Waals surface area contributed by atoms with Crippen LogP contribution in [0.4, 0.5) is 4.39 Å². The van der Waals surface area contributed by atoms with Crippen LogP contribution < -0.4 is 4.74 Å². The highest BCUT2D eigenvalue weighted by Gasteiger charge is 2.55. The molecule has 29 heavy (non-hydrogen) atoms. The molecule has 1 saturated heterocycles. The van der Waals surface area contributed by atoms with Crippen LogP contribution in [0.2, 0.25) is 10.0 Å². The molecule has 11 heteroatoms. The average Bonchev–Trinajstić information content (AvgIpc) is 2.60. The van der Waals surface area contributed by atoms with Gasteiger partial charge in [-0.1, -0.05) is 23.2 Å². The van der Waals surface area contributed by atoms with Crippen LogP contribution in [0.1, 0.15) is 5.56 Å². The molecule has 0 spiro atoms. The van der Waals surface area contributed by atoms with Crippen molar-refractivity contribution in [1.82, 2.24) is 4.31 Å². The van der Waals surface area contributed by atoms with Crippen molar-refractivity contribution >= 4 is 39.2 Å². The topological polar surface area (TPSA) is 108 Å². The molecule has 3 rings (SSSR count). The van der Waals surface area contributed by atoms with Gasteiger partial charge in [-0.3, -0.25) is 4.79 Å². The summed E-state index contributed by atoms with van der Waals surface area (Å²) in [6.45, 7) is -1.07. The van der Waals surface area contributed by atoms with Crippen molar-refractivity contribution in [2.24, 2.45) is 5.41 Å². The lowest BCUT2D eigenvalue weighted by Gasteiger charge is -2.45. The van der Waals surface area contributed by atoms with Crippen molar-refractivity contribution in [3.05, 3.63) is 57.8 Å². The van der Waals surface area contributed by atoms with E-state index in [2.05, 4.69) is 0 Å². The number of carboxylic acids is 1. The van der Waals surface area contributed by atoms with Crippen LogP contribution in [0.5, 0.6) is 5.75 Å². The number of carboxylic acid groups (broad SMARTS) is 1. The van der Waals surface area contributed by atoms with E-state index >= 15 is 0 Å². The molecule has 0 saturated carbocycles. The van der Waals surface area contributed by atoms with Gasteiger partial charge in [-0.15, -0.1) is 0 Å². The first kappa shape index (κ1) is 21.3. The molecule has 1 fully saturated rings. The van der Waals surface area contributed by atoms with Gasteiger partial charge in [-0.05, 0) is 30.3 Å². The molecule has 1 heterocycles. The third-order valence-corrected chi connectivity index (χ3v) is 7.01. The molecule has 152 valence electrons. The number of sulfonamides is 1. The van der Waals surface area contributed by atoms with Crippen molar-refractivity contribution < 1.29 is 27.4 Å². The Kier molecular flexibility index (Phi) is 5.74. The Morgan fingerprint density at radius 2 is 1.97 bits per heavy atom. The van der Waals surface area contributed by atoms with Gasteiger partial charge in [-0.2, -0.15) is 9.57 Å². The summed E-state index contributed by atoms with van der Waals surface area (Å²) in [6.07, 6.45) is 0. The Morgan fingerprint density at radius 1 is 1.28 bits per heavy atom. The molecule has 0 bridgehead atoms. The third kappa shape index (κ3) is 4.02. The van der Waals surface area contributed by atoms with Crippen molar-refractivity contribution in [2.75, 3.05) is 19.7 Å². The van der Waals surface area contributed by atoms with Gasteiger partial charge in [-0.25, -0.2) is 12.8 Å². The van der Waals surface area contributed by atoms with E-state index < -0.39 is 27.2 Å². The summed E-state index contributed by atoms with van der Waals surface area (Å²) in [4.78, 5) is 11.6. The number of nitriles is 1. The Balaban J connectivity index is 1.75. The van der Waals surface area contributed by atoms with Gasteiger partial charge in [0.05, 0.1) is 10.6 Å². The first-order chi connectivity index (χ1) is 13.6. The van der Waals surface area contributed by atoms with Crippen molar-refractivity contribution in [3.63, 3.8) is 0 Å². The molecule has 2 aromatic carbocycles. The zero-order valence-electron chi connectivity index (χ0n) is 14.6. The number of aliphatic carboxylic acids is 1. The van der Waals surface area contributed by atoms with Crippen LogP contribution in [0.15, 0.2) is 41.3 Å². The number of benzene rings is 2. The molecular formula is C18H13Cl2FN2O5S. The summed E-state index contributed by atoms with van der Waals surface area (Å²) < 4.78 is 45.5. The van der Waals surface area contributed by atoms with Crippen molar-refractivity contribution in [2.45, 2.75) is 4.90 Å². The van der Waals surface area contributed by atoms with E-state index in [0.29, 0.717) is 0 Å². The molecule has 0 unspecified atom stereocenters. The highest BCUT2D eigenvalue weighted by Crippen LogP contribution is 2.38. The fraction of sp³-hybridized carbons (Fsp3) is 0.222. The maximum absolute atomic E-state index is 13.7. The van der Waals surface area contributed by atoms with Crippen LogP contribution in [0.25, 0.3) is 0 Å². The van der Waals surface area contributed by atoms with E-state index in [1.165, 1.54) is 30.3 Å². The fourth-order valence-corrected chi connectivity index (χ4v) is 5.17. The Bertz CT molecular complexity index is 1130. The molecule has 7 nitrogen and oxygen atoms in total. The fourth-order valence-electron chi connectivity index (χ4n) is 2.81. The zero-order chi connectivity index (χ0) is 21.4. The highest BCUT2D eigenvalue weighted by molar-refractivity contribution is 7.89. The monoisotopic (exact) mass is 458 g/mol. The Hall–Kier alpha value is -2.38. The lowest BCUT2D eigenvalue weighted by Crippen LogP contribution is -2.64. The van der Waals surface area contributed by atoms with Crippen LogP contribution in [-0.2, 0) is 14.8 Å². The molecule has 0 aliphatic carbocycles. The summed E-state index contributed by atoms with van der Waals surface area (Å²) in [6, 6.07) is 9.06. The van der Waals surface area contributed by atoms with E-state index in [1.54, 1.807) is 6.07 Å². The first-order valence-electron chi connectivity index (χ1n) is 8.10. The number of rotatable bonds is 6. The largest absolute Gasteiger partial charge is 0.492 e. The minimum absolute atomic E-state index is 0.0316. The Morgan fingerprint density at radius 3 is 2.52 bits per heavy atom. The molecule has 2 aromatic rings.